The molecule has 1 aromatic heterocycles. The van der Waals surface area contributed by atoms with E-state index in [9.17, 15) is 21.6 Å². The van der Waals surface area contributed by atoms with Gasteiger partial charge in [0.2, 0.25) is 10.0 Å². The van der Waals surface area contributed by atoms with Crippen LogP contribution in [0.4, 0.5) is 18.9 Å². The zero-order valence-corrected chi connectivity index (χ0v) is 23.3. The molecule has 0 bridgehead atoms. The summed E-state index contributed by atoms with van der Waals surface area (Å²) in [6, 6.07) is 19.0. The molecule has 0 atom stereocenters. The van der Waals surface area contributed by atoms with Crippen LogP contribution >= 0.6 is 39.1 Å². The molecule has 38 heavy (non-hydrogen) atoms. The Balaban J connectivity index is 1.61. The van der Waals surface area contributed by atoms with E-state index in [0.717, 1.165) is 15.6 Å². The van der Waals surface area contributed by atoms with Crippen LogP contribution in [0, 0.1) is 0 Å². The Morgan fingerprint density at radius 1 is 0.974 bits per heavy atom. The molecule has 0 aliphatic carbocycles. The molecule has 0 saturated heterocycles. The maximum Gasteiger partial charge on any atom is 0.404 e. The third kappa shape index (κ3) is 7.86. The van der Waals surface area contributed by atoms with Crippen molar-refractivity contribution in [1.82, 2.24) is 9.55 Å². The molecule has 0 aliphatic rings. The van der Waals surface area contributed by atoms with Crippen LogP contribution in [0.15, 0.2) is 77.4 Å². The maximum atomic E-state index is 12.5. The van der Waals surface area contributed by atoms with Gasteiger partial charge < -0.3 is 4.57 Å². The number of hydrogen-bond acceptors (Lipinski definition) is 3. The van der Waals surface area contributed by atoms with E-state index in [1.54, 1.807) is 30.3 Å². The maximum absolute atomic E-state index is 12.5. The topological polar surface area (TPSA) is 64.0 Å². The predicted octanol–water partition coefficient (Wildman–Crippen LogP) is 8.14. The van der Waals surface area contributed by atoms with E-state index in [-0.39, 0.29) is 5.69 Å². The molecule has 12 heteroatoms. The smallest absolute Gasteiger partial charge is 0.326 e. The number of benzene rings is 3. The normalized spacial score (nSPS) is 12.3. The van der Waals surface area contributed by atoms with Crippen molar-refractivity contribution in [1.29, 1.82) is 0 Å². The number of hydrogen-bond donors (Lipinski definition) is 1. The first-order chi connectivity index (χ1) is 17.9. The largest absolute Gasteiger partial charge is 0.404 e. The Kier molecular flexibility index (Phi) is 8.56. The van der Waals surface area contributed by atoms with Crippen molar-refractivity contribution in [3.63, 3.8) is 0 Å². The van der Waals surface area contributed by atoms with E-state index in [0.29, 0.717) is 33.7 Å². The van der Waals surface area contributed by atoms with E-state index < -0.39 is 22.0 Å². The molecule has 0 fully saturated rings. The van der Waals surface area contributed by atoms with Crippen LogP contribution in [0.25, 0.3) is 23.4 Å². The number of nitrogens with zero attached hydrogens (tertiary/aromatic N) is 2. The molecule has 198 valence electrons. The minimum Gasteiger partial charge on any atom is -0.326 e. The minimum absolute atomic E-state index is 0.0348. The molecule has 1 N–H and O–H groups in total. The molecule has 0 saturated carbocycles. The molecule has 5 nitrogen and oxygen atoms in total. The minimum atomic E-state index is -4.84. The molecule has 1 heterocycles. The molecule has 0 radical (unpaired) electrons. The lowest BCUT2D eigenvalue weighted by atomic mass is 10.2. The highest BCUT2D eigenvalue weighted by Gasteiger charge is 2.35. The van der Waals surface area contributed by atoms with E-state index in [4.69, 9.17) is 28.2 Å². The molecule has 3 aromatic carbocycles. The number of alkyl halides is 3. The third-order valence-electron chi connectivity index (χ3n) is 5.24. The Morgan fingerprint density at radius 2 is 1.66 bits per heavy atom. The second kappa shape index (κ2) is 11.5. The zero-order valence-electron chi connectivity index (χ0n) is 19.4. The van der Waals surface area contributed by atoms with Gasteiger partial charge in [-0.3, -0.25) is 4.72 Å². The van der Waals surface area contributed by atoms with Gasteiger partial charge in [-0.15, -0.1) is 0 Å². The molecular weight excluding hydrogens is 626 g/mol. The number of nitrogens with one attached hydrogen (secondary N) is 1. The van der Waals surface area contributed by atoms with Gasteiger partial charge in [0.05, 0.1) is 10.7 Å². The van der Waals surface area contributed by atoms with Gasteiger partial charge in [0.1, 0.15) is 5.82 Å². The van der Waals surface area contributed by atoms with Crippen molar-refractivity contribution in [3.05, 3.63) is 104 Å². The average molecular weight is 645 g/mol. The summed E-state index contributed by atoms with van der Waals surface area (Å²) < 4.78 is 65.8. The van der Waals surface area contributed by atoms with Crippen molar-refractivity contribution in [3.8, 4) is 11.3 Å². The Hall–Kier alpha value is -2.79. The Morgan fingerprint density at radius 3 is 2.29 bits per heavy atom. The fourth-order valence-corrected chi connectivity index (χ4v) is 5.34. The van der Waals surface area contributed by atoms with Gasteiger partial charge in [-0.1, -0.05) is 69.5 Å². The van der Waals surface area contributed by atoms with Crippen LogP contribution in [0.5, 0.6) is 0 Å². The third-order valence-corrected chi connectivity index (χ3v) is 7.57. The molecule has 0 aliphatic heterocycles. The molecule has 0 unspecified atom stereocenters. The van der Waals surface area contributed by atoms with Crippen LogP contribution in [0.1, 0.15) is 17.0 Å². The first kappa shape index (κ1) is 28.2. The fourth-order valence-electron chi connectivity index (χ4n) is 3.57. The second-order valence-electron chi connectivity index (χ2n) is 8.29. The predicted molar refractivity (Wildman–Crippen MR) is 150 cm³/mol. The summed E-state index contributed by atoms with van der Waals surface area (Å²) >= 11 is 15.9. The molecule has 0 amide bonds. The van der Waals surface area contributed by atoms with Crippen molar-refractivity contribution in [2.24, 2.45) is 0 Å². The Labute approximate surface area is 236 Å². The van der Waals surface area contributed by atoms with Crippen molar-refractivity contribution in [2.45, 2.75) is 12.7 Å². The monoisotopic (exact) mass is 643 g/mol. The summed E-state index contributed by atoms with van der Waals surface area (Å²) in [5.41, 5.74) is 3.09. The van der Waals surface area contributed by atoms with E-state index >= 15 is 0 Å². The van der Waals surface area contributed by atoms with Crippen LogP contribution in [0.2, 0.25) is 10.0 Å². The molecule has 4 rings (SSSR count). The van der Waals surface area contributed by atoms with Gasteiger partial charge in [0.25, 0.3) is 0 Å². The standard InChI is InChI=1S/C26H19BrCl2F3N3O2S/c27-19-6-1-17(2-7-19)5-12-25-33-24(22-11-8-20(28)13-23(22)29)15-35(25)14-18-3-9-21(10-4-18)34-38(36,37)16-26(30,31)32/h1-13,15,34H,14,16H2/b12-5+. The van der Waals surface area contributed by atoms with Gasteiger partial charge in [-0.2, -0.15) is 13.2 Å². The van der Waals surface area contributed by atoms with Crippen LogP contribution in [0.3, 0.4) is 0 Å². The zero-order chi connectivity index (χ0) is 27.5. The second-order valence-corrected chi connectivity index (χ2v) is 11.8. The summed E-state index contributed by atoms with van der Waals surface area (Å²) in [5, 5.41) is 0.945. The lowest BCUT2D eigenvalue weighted by molar-refractivity contribution is -0.106. The van der Waals surface area contributed by atoms with Crippen LogP contribution in [-0.4, -0.2) is 29.9 Å². The lowest BCUT2D eigenvalue weighted by Gasteiger charge is -2.11. The molecule has 0 spiro atoms. The molecule has 4 aromatic rings. The fraction of sp³-hybridized carbons (Fsp3) is 0.115. The van der Waals surface area contributed by atoms with Gasteiger partial charge in [-0.05, 0) is 59.7 Å². The lowest BCUT2D eigenvalue weighted by Crippen LogP contribution is -2.27. The van der Waals surface area contributed by atoms with E-state index in [1.807, 2.05) is 51.9 Å². The van der Waals surface area contributed by atoms with Gasteiger partial charge in [0, 0.05) is 33.5 Å². The number of halogens is 6. The van der Waals surface area contributed by atoms with Gasteiger partial charge >= 0.3 is 6.18 Å². The highest BCUT2D eigenvalue weighted by molar-refractivity contribution is 9.10. The summed E-state index contributed by atoms with van der Waals surface area (Å²) in [5.74, 6) is -1.33. The number of anilines is 1. The van der Waals surface area contributed by atoms with E-state index in [2.05, 4.69) is 15.9 Å². The number of rotatable bonds is 8. The molecular formula is C26H19BrCl2F3N3O2S. The Bertz CT molecular complexity index is 1570. The summed E-state index contributed by atoms with van der Waals surface area (Å²) in [6.45, 7) is 0.355. The van der Waals surface area contributed by atoms with Crippen molar-refractivity contribution >= 4 is 67.0 Å². The SMILES string of the molecule is O=S(=O)(CC(F)(F)F)Nc1ccc(Cn2cc(-c3ccc(Cl)cc3Cl)nc2/C=C/c2ccc(Br)cc2)cc1. The summed E-state index contributed by atoms with van der Waals surface area (Å²) in [7, 11) is -4.57. The van der Waals surface area contributed by atoms with Gasteiger partial charge in [-0.25, -0.2) is 13.4 Å². The van der Waals surface area contributed by atoms with Crippen molar-refractivity contribution in [2.75, 3.05) is 10.5 Å². The number of sulfonamides is 1. The first-order valence-electron chi connectivity index (χ1n) is 11.0. The van der Waals surface area contributed by atoms with E-state index in [1.165, 1.54) is 12.1 Å². The average Bonchev–Trinajstić information content (AvgIpc) is 3.20. The number of aromatic nitrogens is 2. The van der Waals surface area contributed by atoms with Crippen molar-refractivity contribution < 1.29 is 21.6 Å². The summed E-state index contributed by atoms with van der Waals surface area (Å²) in [4.78, 5) is 4.74. The van der Waals surface area contributed by atoms with Crippen LogP contribution in [-0.2, 0) is 16.6 Å². The first-order valence-corrected chi connectivity index (χ1v) is 14.2. The summed E-state index contributed by atoms with van der Waals surface area (Å²) in [6.07, 6.45) is 0.765. The highest BCUT2D eigenvalue weighted by Crippen LogP contribution is 2.30. The highest BCUT2D eigenvalue weighted by atomic mass is 79.9. The van der Waals surface area contributed by atoms with Gasteiger partial charge in [0.15, 0.2) is 5.75 Å². The number of imidazole rings is 1. The quantitative estimate of drug-likeness (QED) is 0.211. The van der Waals surface area contributed by atoms with Crippen LogP contribution < -0.4 is 4.72 Å².